The zero-order valence-corrected chi connectivity index (χ0v) is 14.4. The Kier molecular flexibility index (Phi) is 4.30. The van der Waals surface area contributed by atoms with E-state index >= 15 is 0 Å². The molecule has 0 spiro atoms. The van der Waals surface area contributed by atoms with Crippen molar-refractivity contribution >= 4 is 17.4 Å². The van der Waals surface area contributed by atoms with Crippen LogP contribution in [0.5, 0.6) is 5.75 Å². The number of ether oxygens (including phenoxy) is 1. The van der Waals surface area contributed by atoms with E-state index in [0.717, 1.165) is 36.5 Å². The Labute approximate surface area is 148 Å². The van der Waals surface area contributed by atoms with Gasteiger partial charge in [-0.25, -0.2) is 4.98 Å². The Bertz CT molecular complexity index is 754. The number of para-hydroxylation sites is 1. The average Bonchev–Trinajstić information content (AvgIpc) is 3.27. The number of benzene rings is 1. The average molecular weight is 337 g/mol. The van der Waals surface area contributed by atoms with Crippen molar-refractivity contribution in [2.24, 2.45) is 5.92 Å². The van der Waals surface area contributed by atoms with Gasteiger partial charge in [-0.2, -0.15) is 0 Å². The molecule has 1 amide bonds. The summed E-state index contributed by atoms with van der Waals surface area (Å²) in [6.45, 7) is 2.19. The first-order valence-corrected chi connectivity index (χ1v) is 8.91. The van der Waals surface area contributed by atoms with Crippen LogP contribution >= 0.6 is 0 Å². The molecule has 1 N–H and O–H groups in total. The van der Waals surface area contributed by atoms with Crippen LogP contribution in [0.25, 0.3) is 0 Å². The molecule has 0 unspecified atom stereocenters. The van der Waals surface area contributed by atoms with Crippen LogP contribution in [-0.4, -0.2) is 31.1 Å². The first-order valence-electron chi connectivity index (χ1n) is 8.91. The largest absolute Gasteiger partial charge is 0.496 e. The molecule has 130 valence electrons. The van der Waals surface area contributed by atoms with Gasteiger partial charge in [0.15, 0.2) is 0 Å². The van der Waals surface area contributed by atoms with Crippen molar-refractivity contribution in [2.45, 2.75) is 25.2 Å². The van der Waals surface area contributed by atoms with E-state index in [1.54, 1.807) is 7.11 Å². The Hall–Kier alpha value is -2.56. The van der Waals surface area contributed by atoms with Gasteiger partial charge in [-0.1, -0.05) is 18.2 Å². The van der Waals surface area contributed by atoms with E-state index in [9.17, 15) is 4.79 Å². The zero-order valence-electron chi connectivity index (χ0n) is 14.4. The van der Waals surface area contributed by atoms with Gasteiger partial charge in [0, 0.05) is 19.0 Å². The molecule has 2 fully saturated rings. The number of amides is 1. The summed E-state index contributed by atoms with van der Waals surface area (Å²) in [5.74, 6) is 1.75. The lowest BCUT2D eigenvalue weighted by molar-refractivity contribution is -0.117. The van der Waals surface area contributed by atoms with Crippen LogP contribution in [0.4, 0.5) is 11.5 Å². The van der Waals surface area contributed by atoms with Crippen molar-refractivity contribution in [1.29, 1.82) is 0 Å². The number of methoxy groups -OCH3 is 1. The maximum atomic E-state index is 12.5. The molecule has 5 heteroatoms. The third-order valence-corrected chi connectivity index (χ3v) is 5.14. The molecule has 1 aliphatic carbocycles. The van der Waals surface area contributed by atoms with E-state index < -0.39 is 0 Å². The monoisotopic (exact) mass is 337 g/mol. The fourth-order valence-corrected chi connectivity index (χ4v) is 3.64. The van der Waals surface area contributed by atoms with Gasteiger partial charge in [0.2, 0.25) is 5.91 Å². The second-order valence-electron chi connectivity index (χ2n) is 6.78. The Morgan fingerprint density at radius 3 is 2.72 bits per heavy atom. The van der Waals surface area contributed by atoms with Crippen LogP contribution < -0.4 is 15.0 Å². The maximum Gasteiger partial charge on any atom is 0.229 e. The third-order valence-electron chi connectivity index (χ3n) is 5.14. The van der Waals surface area contributed by atoms with E-state index in [0.29, 0.717) is 5.82 Å². The first-order chi connectivity index (χ1) is 12.3. The molecule has 4 rings (SSSR count). The number of hydrogen-bond donors (Lipinski definition) is 1. The molecule has 2 aromatic rings. The molecule has 5 nitrogen and oxygen atoms in total. The van der Waals surface area contributed by atoms with Gasteiger partial charge in [-0.15, -0.1) is 0 Å². The minimum Gasteiger partial charge on any atom is -0.496 e. The minimum atomic E-state index is -0.00337. The van der Waals surface area contributed by atoms with Crippen molar-refractivity contribution in [3.05, 3.63) is 48.2 Å². The summed E-state index contributed by atoms with van der Waals surface area (Å²) in [6.07, 6.45) is 5.19. The number of aromatic nitrogens is 1. The van der Waals surface area contributed by atoms with E-state index in [1.807, 2.05) is 42.6 Å². The zero-order chi connectivity index (χ0) is 17.2. The number of nitrogens with one attached hydrogen (secondary N) is 1. The standard InChI is InChI=1S/C20H23N3O2/c1-25-18-7-3-2-6-15(18)16-12-17(16)20(24)22-19-9-8-14(13-21-19)23-10-4-5-11-23/h2-3,6-9,13,16-17H,4-5,10-12H2,1H3,(H,21,22,24)/t16-,17-/m0/s1. The molecule has 1 saturated heterocycles. The third kappa shape index (κ3) is 3.31. The molecular weight excluding hydrogens is 314 g/mol. The highest BCUT2D eigenvalue weighted by Crippen LogP contribution is 2.50. The molecule has 25 heavy (non-hydrogen) atoms. The second kappa shape index (κ2) is 6.75. The molecule has 0 bridgehead atoms. The number of carbonyl (C=O) groups excluding carboxylic acids is 1. The molecule has 1 saturated carbocycles. The van der Waals surface area contributed by atoms with Crippen LogP contribution in [0.15, 0.2) is 42.6 Å². The van der Waals surface area contributed by atoms with Gasteiger partial charge in [-0.3, -0.25) is 4.79 Å². The van der Waals surface area contributed by atoms with Crippen LogP contribution in [0.3, 0.4) is 0 Å². The molecule has 1 aliphatic heterocycles. The Morgan fingerprint density at radius 2 is 2.00 bits per heavy atom. The minimum absolute atomic E-state index is 0.00337. The molecule has 2 aliphatic rings. The maximum absolute atomic E-state index is 12.5. The normalized spacial score (nSPS) is 21.9. The lowest BCUT2D eigenvalue weighted by Gasteiger charge is -2.17. The summed E-state index contributed by atoms with van der Waals surface area (Å²) in [7, 11) is 1.67. The fourth-order valence-electron chi connectivity index (χ4n) is 3.64. The second-order valence-corrected chi connectivity index (χ2v) is 6.78. The summed E-state index contributed by atoms with van der Waals surface area (Å²) >= 11 is 0. The molecule has 1 aromatic carbocycles. The summed E-state index contributed by atoms with van der Waals surface area (Å²) in [4.78, 5) is 19.2. The number of hydrogen-bond acceptors (Lipinski definition) is 4. The predicted octanol–water partition coefficient (Wildman–Crippen LogP) is 3.43. The van der Waals surface area contributed by atoms with Crippen LogP contribution in [0.1, 0.15) is 30.7 Å². The van der Waals surface area contributed by atoms with Gasteiger partial charge >= 0.3 is 0 Å². The fraction of sp³-hybridized carbons (Fsp3) is 0.400. The predicted molar refractivity (Wildman–Crippen MR) is 98.2 cm³/mol. The lowest BCUT2D eigenvalue weighted by atomic mass is 10.1. The van der Waals surface area contributed by atoms with Crippen molar-refractivity contribution in [3.8, 4) is 5.75 Å². The van der Waals surface area contributed by atoms with Crippen molar-refractivity contribution < 1.29 is 9.53 Å². The highest BCUT2D eigenvalue weighted by molar-refractivity contribution is 5.94. The molecular formula is C20H23N3O2. The smallest absolute Gasteiger partial charge is 0.229 e. The number of rotatable bonds is 5. The van der Waals surface area contributed by atoms with Gasteiger partial charge in [0.25, 0.3) is 0 Å². The van der Waals surface area contributed by atoms with Crippen molar-refractivity contribution in [1.82, 2.24) is 4.98 Å². The molecule has 2 heterocycles. The van der Waals surface area contributed by atoms with Gasteiger partial charge in [0.05, 0.1) is 19.0 Å². The van der Waals surface area contributed by atoms with Crippen molar-refractivity contribution in [2.75, 3.05) is 30.4 Å². The summed E-state index contributed by atoms with van der Waals surface area (Å²) in [5, 5.41) is 2.95. The van der Waals surface area contributed by atoms with Gasteiger partial charge in [0.1, 0.15) is 11.6 Å². The van der Waals surface area contributed by atoms with Gasteiger partial charge < -0.3 is 15.0 Å². The van der Waals surface area contributed by atoms with E-state index in [-0.39, 0.29) is 17.7 Å². The highest BCUT2D eigenvalue weighted by atomic mass is 16.5. The van der Waals surface area contributed by atoms with Crippen LogP contribution in [0.2, 0.25) is 0 Å². The highest BCUT2D eigenvalue weighted by Gasteiger charge is 2.45. The van der Waals surface area contributed by atoms with Crippen LogP contribution in [-0.2, 0) is 4.79 Å². The molecule has 0 radical (unpaired) electrons. The summed E-state index contributed by atoms with van der Waals surface area (Å²) in [5.41, 5.74) is 2.25. The molecule has 1 aromatic heterocycles. The van der Waals surface area contributed by atoms with Gasteiger partial charge in [-0.05, 0) is 48.9 Å². The Morgan fingerprint density at radius 1 is 1.20 bits per heavy atom. The van der Waals surface area contributed by atoms with E-state index in [4.69, 9.17) is 4.74 Å². The number of pyridine rings is 1. The number of nitrogens with zero attached hydrogens (tertiary/aromatic N) is 2. The summed E-state index contributed by atoms with van der Waals surface area (Å²) in [6, 6.07) is 11.9. The first kappa shape index (κ1) is 15.9. The molecule has 2 atom stereocenters. The van der Waals surface area contributed by atoms with E-state index in [2.05, 4.69) is 15.2 Å². The lowest BCUT2D eigenvalue weighted by Crippen LogP contribution is -2.18. The van der Waals surface area contributed by atoms with E-state index in [1.165, 1.54) is 12.8 Å². The summed E-state index contributed by atoms with van der Waals surface area (Å²) < 4.78 is 5.41. The van der Waals surface area contributed by atoms with Crippen LogP contribution in [0, 0.1) is 5.92 Å². The van der Waals surface area contributed by atoms with Crippen molar-refractivity contribution in [3.63, 3.8) is 0 Å². The Balaban J connectivity index is 1.38. The topological polar surface area (TPSA) is 54.5 Å². The SMILES string of the molecule is COc1ccccc1[C@@H]1C[C@@H]1C(=O)Nc1ccc(N2CCCC2)cn1. The quantitative estimate of drug-likeness (QED) is 0.908. The number of anilines is 2. The number of carbonyl (C=O) groups is 1.